The summed E-state index contributed by atoms with van der Waals surface area (Å²) in [4.78, 5) is 6.68. The third-order valence-corrected chi connectivity index (χ3v) is 1.96. The molecule has 0 spiro atoms. The summed E-state index contributed by atoms with van der Waals surface area (Å²) >= 11 is 0. The van der Waals surface area contributed by atoms with Gasteiger partial charge in [-0.3, -0.25) is 9.89 Å². The van der Waals surface area contributed by atoms with Gasteiger partial charge in [0.05, 0.1) is 19.8 Å². The van der Waals surface area contributed by atoms with Crippen LogP contribution in [0.5, 0.6) is 0 Å². The number of aliphatic imine (C=N–C) groups is 1. The standard InChI is InChI=1S/C9H18N2O/c1-2-3-10-4-5-11-6-8-12-9-7-11/h3H,2,4-9H2,1H3. The molecular weight excluding hydrogens is 152 g/mol. The lowest BCUT2D eigenvalue weighted by molar-refractivity contribution is 0.0394. The largest absolute Gasteiger partial charge is 0.379 e. The van der Waals surface area contributed by atoms with Crippen LogP contribution in [0, 0.1) is 0 Å². The van der Waals surface area contributed by atoms with Crippen LogP contribution >= 0.6 is 0 Å². The van der Waals surface area contributed by atoms with E-state index in [1.165, 1.54) is 0 Å². The molecule has 1 aliphatic rings. The van der Waals surface area contributed by atoms with Crippen molar-refractivity contribution in [1.82, 2.24) is 4.90 Å². The summed E-state index contributed by atoms with van der Waals surface area (Å²) in [5.41, 5.74) is 0. The minimum atomic E-state index is 0.886. The predicted octanol–water partition coefficient (Wildman–Crippen LogP) is 0.799. The Kier molecular flexibility index (Phi) is 4.95. The normalized spacial score (nSPS) is 20.4. The van der Waals surface area contributed by atoms with Crippen LogP contribution < -0.4 is 0 Å². The maximum atomic E-state index is 5.25. The second-order valence-electron chi connectivity index (χ2n) is 2.95. The van der Waals surface area contributed by atoms with E-state index in [9.17, 15) is 0 Å². The Morgan fingerprint density at radius 3 is 2.83 bits per heavy atom. The highest BCUT2D eigenvalue weighted by molar-refractivity contribution is 5.56. The van der Waals surface area contributed by atoms with Crippen LogP contribution in [-0.4, -0.2) is 50.5 Å². The minimum absolute atomic E-state index is 0.886. The number of hydrogen-bond donors (Lipinski definition) is 0. The van der Waals surface area contributed by atoms with Crippen molar-refractivity contribution in [2.75, 3.05) is 39.4 Å². The van der Waals surface area contributed by atoms with Gasteiger partial charge in [0.25, 0.3) is 0 Å². The molecule has 0 unspecified atom stereocenters. The number of ether oxygens (including phenoxy) is 1. The molecule has 3 nitrogen and oxygen atoms in total. The van der Waals surface area contributed by atoms with E-state index in [1.807, 2.05) is 6.21 Å². The third kappa shape index (κ3) is 3.83. The molecule has 0 N–H and O–H groups in total. The number of rotatable bonds is 4. The Morgan fingerprint density at radius 1 is 1.42 bits per heavy atom. The van der Waals surface area contributed by atoms with Crippen molar-refractivity contribution in [3.8, 4) is 0 Å². The molecule has 1 saturated heterocycles. The molecule has 0 saturated carbocycles. The molecule has 0 aromatic carbocycles. The quantitative estimate of drug-likeness (QED) is 0.583. The monoisotopic (exact) mass is 170 g/mol. The minimum Gasteiger partial charge on any atom is -0.379 e. The summed E-state index contributed by atoms with van der Waals surface area (Å²) in [6, 6.07) is 0. The Hall–Kier alpha value is -0.410. The Labute approximate surface area is 74.4 Å². The molecule has 1 fully saturated rings. The topological polar surface area (TPSA) is 24.8 Å². The second-order valence-corrected chi connectivity index (χ2v) is 2.95. The fourth-order valence-electron chi connectivity index (χ4n) is 1.24. The van der Waals surface area contributed by atoms with Crippen molar-refractivity contribution < 1.29 is 4.74 Å². The maximum absolute atomic E-state index is 5.25. The van der Waals surface area contributed by atoms with E-state index in [2.05, 4.69) is 16.8 Å². The van der Waals surface area contributed by atoms with E-state index in [-0.39, 0.29) is 0 Å². The highest BCUT2D eigenvalue weighted by atomic mass is 16.5. The fraction of sp³-hybridized carbons (Fsp3) is 0.889. The molecular formula is C9H18N2O. The number of morpholine rings is 1. The zero-order valence-corrected chi connectivity index (χ0v) is 7.83. The van der Waals surface area contributed by atoms with Gasteiger partial charge < -0.3 is 4.74 Å². The first-order chi connectivity index (χ1) is 5.93. The summed E-state index contributed by atoms with van der Waals surface area (Å²) in [6.07, 6.45) is 3.03. The van der Waals surface area contributed by atoms with Gasteiger partial charge in [-0.2, -0.15) is 0 Å². The van der Waals surface area contributed by atoms with E-state index in [4.69, 9.17) is 4.74 Å². The van der Waals surface area contributed by atoms with Gasteiger partial charge in [-0.15, -0.1) is 0 Å². The molecule has 0 aromatic rings. The average molecular weight is 170 g/mol. The fourth-order valence-corrected chi connectivity index (χ4v) is 1.24. The number of nitrogens with zero attached hydrogens (tertiary/aromatic N) is 2. The van der Waals surface area contributed by atoms with E-state index >= 15 is 0 Å². The van der Waals surface area contributed by atoms with Crippen LogP contribution in [0.3, 0.4) is 0 Å². The van der Waals surface area contributed by atoms with Gasteiger partial charge in [0, 0.05) is 19.6 Å². The van der Waals surface area contributed by atoms with Crippen LogP contribution in [0.25, 0.3) is 0 Å². The van der Waals surface area contributed by atoms with Gasteiger partial charge in [-0.25, -0.2) is 0 Å². The smallest absolute Gasteiger partial charge is 0.0594 e. The summed E-state index contributed by atoms with van der Waals surface area (Å²) in [5.74, 6) is 0. The van der Waals surface area contributed by atoms with Crippen molar-refractivity contribution in [3.63, 3.8) is 0 Å². The SMILES string of the molecule is CCC=NCCN1CCOCC1. The zero-order chi connectivity index (χ0) is 8.65. The molecule has 0 amide bonds. The molecule has 0 aromatic heterocycles. The van der Waals surface area contributed by atoms with E-state index in [0.717, 1.165) is 45.8 Å². The first-order valence-electron chi connectivity index (χ1n) is 4.72. The van der Waals surface area contributed by atoms with Crippen LogP contribution in [0.4, 0.5) is 0 Å². The van der Waals surface area contributed by atoms with Crippen molar-refractivity contribution in [2.45, 2.75) is 13.3 Å². The van der Waals surface area contributed by atoms with Gasteiger partial charge >= 0.3 is 0 Å². The van der Waals surface area contributed by atoms with Gasteiger partial charge in [0.15, 0.2) is 0 Å². The van der Waals surface area contributed by atoms with Gasteiger partial charge in [0.2, 0.25) is 0 Å². The lowest BCUT2D eigenvalue weighted by Gasteiger charge is -2.25. The Balaban J connectivity index is 2.01. The summed E-state index contributed by atoms with van der Waals surface area (Å²) in [7, 11) is 0. The van der Waals surface area contributed by atoms with E-state index < -0.39 is 0 Å². The molecule has 3 heteroatoms. The predicted molar refractivity (Wildman–Crippen MR) is 50.9 cm³/mol. The highest BCUT2D eigenvalue weighted by Crippen LogP contribution is 1.95. The Morgan fingerprint density at radius 2 is 2.17 bits per heavy atom. The van der Waals surface area contributed by atoms with E-state index in [1.54, 1.807) is 0 Å². The summed E-state index contributed by atoms with van der Waals surface area (Å²) in [5, 5.41) is 0. The molecule has 70 valence electrons. The molecule has 1 heterocycles. The molecule has 0 aliphatic carbocycles. The number of hydrogen-bond acceptors (Lipinski definition) is 3. The molecule has 1 aliphatic heterocycles. The summed E-state index contributed by atoms with van der Waals surface area (Å²) in [6.45, 7) is 8.05. The third-order valence-electron chi connectivity index (χ3n) is 1.96. The van der Waals surface area contributed by atoms with Crippen molar-refractivity contribution in [2.24, 2.45) is 4.99 Å². The summed E-state index contributed by atoms with van der Waals surface area (Å²) < 4.78 is 5.25. The first-order valence-corrected chi connectivity index (χ1v) is 4.72. The zero-order valence-electron chi connectivity index (χ0n) is 7.83. The van der Waals surface area contributed by atoms with E-state index in [0.29, 0.717) is 0 Å². The molecule has 1 rings (SSSR count). The van der Waals surface area contributed by atoms with Crippen LogP contribution in [0.1, 0.15) is 13.3 Å². The van der Waals surface area contributed by atoms with Gasteiger partial charge in [-0.1, -0.05) is 6.92 Å². The Bertz CT molecular complexity index is 130. The van der Waals surface area contributed by atoms with Crippen molar-refractivity contribution >= 4 is 6.21 Å². The van der Waals surface area contributed by atoms with Crippen molar-refractivity contribution in [1.29, 1.82) is 0 Å². The van der Waals surface area contributed by atoms with Crippen LogP contribution in [-0.2, 0) is 4.74 Å². The lowest BCUT2D eigenvalue weighted by atomic mass is 10.4. The average Bonchev–Trinajstić information content (AvgIpc) is 2.14. The van der Waals surface area contributed by atoms with Crippen LogP contribution in [0.2, 0.25) is 0 Å². The molecule has 0 radical (unpaired) electrons. The maximum Gasteiger partial charge on any atom is 0.0594 e. The first kappa shape index (κ1) is 9.68. The molecule has 0 bridgehead atoms. The molecule has 0 atom stereocenters. The van der Waals surface area contributed by atoms with Gasteiger partial charge in [0.1, 0.15) is 0 Å². The van der Waals surface area contributed by atoms with Crippen molar-refractivity contribution in [3.05, 3.63) is 0 Å². The highest BCUT2D eigenvalue weighted by Gasteiger charge is 2.08. The van der Waals surface area contributed by atoms with Crippen LogP contribution in [0.15, 0.2) is 4.99 Å². The lowest BCUT2D eigenvalue weighted by Crippen LogP contribution is -2.37. The molecule has 12 heavy (non-hydrogen) atoms. The van der Waals surface area contributed by atoms with Gasteiger partial charge in [-0.05, 0) is 12.6 Å². The second kappa shape index (κ2) is 6.14.